The zero-order chi connectivity index (χ0) is 16.7. The molecule has 0 aliphatic carbocycles. The molecule has 2 N–H and O–H groups in total. The molecule has 0 bridgehead atoms. The molecule has 128 valence electrons. The number of hydrogen-bond acceptors (Lipinski definition) is 3. The molecule has 2 amide bonds. The second kappa shape index (κ2) is 8.34. The summed E-state index contributed by atoms with van der Waals surface area (Å²) in [6.07, 6.45) is 2.18. The van der Waals surface area contributed by atoms with Crippen LogP contribution in [0.25, 0.3) is 0 Å². The normalized spacial score (nSPS) is 19.0. The van der Waals surface area contributed by atoms with E-state index in [4.69, 9.17) is 0 Å². The van der Waals surface area contributed by atoms with Gasteiger partial charge < -0.3 is 10.6 Å². The summed E-state index contributed by atoms with van der Waals surface area (Å²) in [4.78, 5) is 11.8. The van der Waals surface area contributed by atoms with E-state index in [1.807, 2.05) is 18.2 Å². The van der Waals surface area contributed by atoms with Crippen molar-refractivity contribution in [3.8, 4) is 0 Å². The molecular formula is C17H26N2O3S. The maximum absolute atomic E-state index is 11.8. The van der Waals surface area contributed by atoms with Gasteiger partial charge in [0, 0.05) is 13.1 Å². The summed E-state index contributed by atoms with van der Waals surface area (Å²) in [6, 6.07) is 10.1. The van der Waals surface area contributed by atoms with E-state index >= 15 is 0 Å². The van der Waals surface area contributed by atoms with Crippen molar-refractivity contribution in [2.24, 2.45) is 5.92 Å². The Balaban J connectivity index is 1.60. The molecule has 1 fully saturated rings. The molecule has 5 nitrogen and oxygen atoms in total. The summed E-state index contributed by atoms with van der Waals surface area (Å²) < 4.78 is 22.7. The average Bonchev–Trinajstić information content (AvgIpc) is 2.54. The van der Waals surface area contributed by atoms with Crippen LogP contribution in [0.4, 0.5) is 4.79 Å². The van der Waals surface area contributed by atoms with Crippen molar-refractivity contribution in [1.29, 1.82) is 0 Å². The van der Waals surface area contributed by atoms with Crippen LogP contribution in [0.2, 0.25) is 0 Å². The van der Waals surface area contributed by atoms with Gasteiger partial charge >= 0.3 is 6.03 Å². The Morgan fingerprint density at radius 3 is 2.48 bits per heavy atom. The van der Waals surface area contributed by atoms with Crippen LogP contribution in [-0.2, 0) is 9.84 Å². The summed E-state index contributed by atoms with van der Waals surface area (Å²) in [5.74, 6) is 1.16. The molecule has 0 radical (unpaired) electrons. The molecular weight excluding hydrogens is 312 g/mol. The first-order valence-electron chi connectivity index (χ1n) is 8.23. The smallest absolute Gasteiger partial charge is 0.314 e. The van der Waals surface area contributed by atoms with E-state index < -0.39 is 9.84 Å². The van der Waals surface area contributed by atoms with Gasteiger partial charge in [0.1, 0.15) is 9.84 Å². The predicted molar refractivity (Wildman–Crippen MR) is 92.3 cm³/mol. The first kappa shape index (κ1) is 17.8. The number of carbonyl (C=O) groups is 1. The van der Waals surface area contributed by atoms with E-state index in [0.29, 0.717) is 31.8 Å². The van der Waals surface area contributed by atoms with Gasteiger partial charge in [0.05, 0.1) is 11.5 Å². The Morgan fingerprint density at radius 2 is 1.83 bits per heavy atom. The highest BCUT2D eigenvalue weighted by Crippen LogP contribution is 2.18. The maximum Gasteiger partial charge on any atom is 0.314 e. The molecule has 23 heavy (non-hydrogen) atoms. The molecule has 1 heterocycles. The minimum Gasteiger partial charge on any atom is -0.338 e. The summed E-state index contributed by atoms with van der Waals surface area (Å²) in [5, 5.41) is 5.72. The van der Waals surface area contributed by atoms with E-state index in [2.05, 4.69) is 29.7 Å². The van der Waals surface area contributed by atoms with Crippen LogP contribution in [-0.4, -0.2) is 39.0 Å². The second-order valence-corrected chi connectivity index (χ2v) is 8.64. The van der Waals surface area contributed by atoms with Gasteiger partial charge in [-0.05, 0) is 36.7 Å². The Bertz CT molecular complexity index is 588. The molecule has 0 spiro atoms. The van der Waals surface area contributed by atoms with Gasteiger partial charge in [0.2, 0.25) is 0 Å². The highest BCUT2D eigenvalue weighted by Gasteiger charge is 2.23. The number of sulfone groups is 1. The zero-order valence-electron chi connectivity index (χ0n) is 13.6. The molecule has 1 atom stereocenters. The van der Waals surface area contributed by atoms with E-state index in [0.717, 1.165) is 6.42 Å². The first-order chi connectivity index (χ1) is 11.0. The summed E-state index contributed by atoms with van der Waals surface area (Å²) >= 11 is 0. The molecule has 6 heteroatoms. The highest BCUT2D eigenvalue weighted by molar-refractivity contribution is 7.91. The molecule has 1 saturated heterocycles. The van der Waals surface area contributed by atoms with Gasteiger partial charge in [-0.1, -0.05) is 37.3 Å². The van der Waals surface area contributed by atoms with Crippen molar-refractivity contribution in [2.75, 3.05) is 24.6 Å². The van der Waals surface area contributed by atoms with Gasteiger partial charge in [-0.25, -0.2) is 13.2 Å². The lowest BCUT2D eigenvalue weighted by molar-refractivity contribution is 0.238. The van der Waals surface area contributed by atoms with Gasteiger partial charge in [-0.2, -0.15) is 0 Å². The third-order valence-corrected chi connectivity index (χ3v) is 6.17. The lowest BCUT2D eigenvalue weighted by Gasteiger charge is -2.22. The van der Waals surface area contributed by atoms with Gasteiger partial charge in [-0.15, -0.1) is 0 Å². The van der Waals surface area contributed by atoms with Crippen LogP contribution in [0, 0.1) is 5.92 Å². The number of nitrogens with one attached hydrogen (secondary N) is 2. The van der Waals surface area contributed by atoms with Gasteiger partial charge in [-0.3, -0.25) is 0 Å². The molecule has 1 aromatic rings. The quantitative estimate of drug-likeness (QED) is 0.836. The number of urea groups is 1. The van der Waals surface area contributed by atoms with Crippen molar-refractivity contribution in [3.63, 3.8) is 0 Å². The van der Waals surface area contributed by atoms with E-state index in [1.54, 1.807) is 0 Å². The van der Waals surface area contributed by atoms with Gasteiger partial charge in [0.15, 0.2) is 0 Å². The SMILES string of the molecule is CC(CCNC(=O)NCC1CCS(=O)(=O)CC1)c1ccccc1. The Labute approximate surface area is 138 Å². The molecule has 1 aliphatic heterocycles. The summed E-state index contributed by atoms with van der Waals surface area (Å²) in [6.45, 7) is 3.33. The summed E-state index contributed by atoms with van der Waals surface area (Å²) in [5.41, 5.74) is 1.28. The molecule has 2 rings (SSSR count). The highest BCUT2D eigenvalue weighted by atomic mass is 32.2. The fourth-order valence-corrected chi connectivity index (χ4v) is 4.38. The molecule has 1 aliphatic rings. The van der Waals surface area contributed by atoms with Crippen molar-refractivity contribution in [1.82, 2.24) is 10.6 Å². The number of amides is 2. The zero-order valence-corrected chi connectivity index (χ0v) is 14.4. The average molecular weight is 338 g/mol. The lowest BCUT2D eigenvalue weighted by atomic mass is 9.98. The monoisotopic (exact) mass is 338 g/mol. The Kier molecular flexibility index (Phi) is 6.45. The van der Waals surface area contributed by atoms with E-state index in [1.165, 1.54) is 5.56 Å². The third-order valence-electron chi connectivity index (χ3n) is 4.46. The van der Waals surface area contributed by atoms with Crippen LogP contribution in [0.15, 0.2) is 30.3 Å². The minimum absolute atomic E-state index is 0.168. The standard InChI is InChI=1S/C17H26N2O3S/c1-14(16-5-3-2-4-6-16)7-10-18-17(20)19-13-15-8-11-23(21,22)12-9-15/h2-6,14-15H,7-13H2,1H3,(H2,18,19,20). The van der Waals surface area contributed by atoms with E-state index in [-0.39, 0.29) is 23.5 Å². The number of carbonyl (C=O) groups excluding carboxylic acids is 1. The van der Waals surface area contributed by atoms with Crippen molar-refractivity contribution < 1.29 is 13.2 Å². The molecule has 0 saturated carbocycles. The van der Waals surface area contributed by atoms with Crippen LogP contribution >= 0.6 is 0 Å². The minimum atomic E-state index is -2.83. The van der Waals surface area contributed by atoms with Crippen LogP contribution in [0.5, 0.6) is 0 Å². The number of hydrogen-bond donors (Lipinski definition) is 2. The van der Waals surface area contributed by atoms with Crippen LogP contribution < -0.4 is 10.6 Å². The van der Waals surface area contributed by atoms with Crippen LogP contribution in [0.3, 0.4) is 0 Å². The fourth-order valence-electron chi connectivity index (χ4n) is 2.79. The maximum atomic E-state index is 11.8. The Morgan fingerprint density at radius 1 is 1.17 bits per heavy atom. The summed E-state index contributed by atoms with van der Waals surface area (Å²) in [7, 11) is -2.83. The van der Waals surface area contributed by atoms with Crippen molar-refractivity contribution >= 4 is 15.9 Å². The van der Waals surface area contributed by atoms with Crippen molar-refractivity contribution in [2.45, 2.75) is 32.1 Å². The molecule has 1 aromatic carbocycles. The lowest BCUT2D eigenvalue weighted by Crippen LogP contribution is -2.40. The molecule has 0 aromatic heterocycles. The number of rotatable bonds is 6. The second-order valence-electron chi connectivity index (χ2n) is 6.33. The van der Waals surface area contributed by atoms with Crippen molar-refractivity contribution in [3.05, 3.63) is 35.9 Å². The topological polar surface area (TPSA) is 75.3 Å². The Hall–Kier alpha value is -1.56. The molecule has 1 unspecified atom stereocenters. The third kappa shape index (κ3) is 6.22. The largest absolute Gasteiger partial charge is 0.338 e. The predicted octanol–water partition coefficient (Wildman–Crippen LogP) is 2.30. The first-order valence-corrected chi connectivity index (χ1v) is 10.1. The number of benzene rings is 1. The fraction of sp³-hybridized carbons (Fsp3) is 0.588. The van der Waals surface area contributed by atoms with Crippen LogP contribution in [0.1, 0.15) is 37.7 Å². The van der Waals surface area contributed by atoms with E-state index in [9.17, 15) is 13.2 Å². The van der Waals surface area contributed by atoms with Gasteiger partial charge in [0.25, 0.3) is 0 Å².